The Labute approximate surface area is 148 Å². The third-order valence-corrected chi connectivity index (χ3v) is 4.43. The Morgan fingerprint density at radius 1 is 1.50 bits per heavy atom. The zero-order valence-corrected chi connectivity index (χ0v) is 14.8. The maximum Gasteiger partial charge on any atom is 0.262 e. The summed E-state index contributed by atoms with van der Waals surface area (Å²) in [7, 11) is 0. The summed E-state index contributed by atoms with van der Waals surface area (Å²) in [5, 5.41) is 12.6. The minimum Gasteiger partial charge on any atom is -0.354 e. The molecular weight excluding hydrogens is 348 g/mol. The van der Waals surface area contributed by atoms with Crippen LogP contribution in [0.5, 0.6) is 0 Å². The van der Waals surface area contributed by atoms with E-state index in [0.717, 1.165) is 6.42 Å². The maximum absolute atomic E-state index is 12.6. The van der Waals surface area contributed by atoms with Crippen LogP contribution in [-0.2, 0) is 11.3 Å². The van der Waals surface area contributed by atoms with Crippen LogP contribution >= 0.6 is 23.4 Å². The summed E-state index contributed by atoms with van der Waals surface area (Å²) in [5.41, 5.74) is 0.387. The molecule has 0 aliphatic rings. The quantitative estimate of drug-likeness (QED) is 0.463. The molecular formula is C16H17ClN4O2S. The van der Waals surface area contributed by atoms with Crippen LogP contribution in [0.3, 0.4) is 0 Å². The Bertz CT molecular complexity index is 844. The van der Waals surface area contributed by atoms with Gasteiger partial charge in [0.15, 0.2) is 5.16 Å². The van der Waals surface area contributed by atoms with E-state index in [1.807, 2.05) is 13.0 Å². The van der Waals surface area contributed by atoms with Gasteiger partial charge in [-0.1, -0.05) is 30.3 Å². The Kier molecular flexibility index (Phi) is 6.64. The molecule has 0 aliphatic carbocycles. The van der Waals surface area contributed by atoms with Crippen molar-refractivity contribution in [1.29, 1.82) is 5.26 Å². The Balaban J connectivity index is 2.27. The SMILES string of the molecule is CCCn1c(SCC(=O)NCCC#N)nc2cc(Cl)ccc2c1=O. The zero-order chi connectivity index (χ0) is 17.5. The molecule has 1 N–H and O–H groups in total. The molecule has 2 aromatic rings. The van der Waals surface area contributed by atoms with Gasteiger partial charge < -0.3 is 5.32 Å². The minimum absolute atomic E-state index is 0.133. The Hall–Kier alpha value is -2.04. The normalized spacial score (nSPS) is 10.5. The lowest BCUT2D eigenvalue weighted by molar-refractivity contribution is -0.118. The number of thioether (sulfide) groups is 1. The topological polar surface area (TPSA) is 87.8 Å². The summed E-state index contributed by atoms with van der Waals surface area (Å²) in [5.74, 6) is -0.0630. The molecule has 0 unspecified atom stereocenters. The number of carbonyl (C=O) groups is 1. The summed E-state index contributed by atoms with van der Waals surface area (Å²) in [6.45, 7) is 2.82. The van der Waals surface area contributed by atoms with Crippen LogP contribution in [0.4, 0.5) is 0 Å². The number of fused-ring (bicyclic) bond motifs is 1. The molecule has 126 valence electrons. The van der Waals surface area contributed by atoms with E-state index in [1.54, 1.807) is 22.8 Å². The van der Waals surface area contributed by atoms with Crippen molar-refractivity contribution < 1.29 is 4.79 Å². The van der Waals surface area contributed by atoms with Gasteiger partial charge in [-0.15, -0.1) is 0 Å². The maximum atomic E-state index is 12.6. The molecule has 0 saturated carbocycles. The third-order valence-electron chi connectivity index (χ3n) is 3.22. The molecule has 0 spiro atoms. The Morgan fingerprint density at radius 3 is 3.00 bits per heavy atom. The second kappa shape index (κ2) is 8.71. The van der Waals surface area contributed by atoms with Gasteiger partial charge in [0, 0.05) is 18.1 Å². The molecule has 24 heavy (non-hydrogen) atoms. The molecule has 1 heterocycles. The number of amides is 1. The van der Waals surface area contributed by atoms with Gasteiger partial charge >= 0.3 is 0 Å². The lowest BCUT2D eigenvalue weighted by atomic mass is 10.2. The summed E-state index contributed by atoms with van der Waals surface area (Å²) in [6.07, 6.45) is 1.05. The highest BCUT2D eigenvalue weighted by Gasteiger charge is 2.13. The summed E-state index contributed by atoms with van der Waals surface area (Å²) in [4.78, 5) is 28.9. The van der Waals surface area contributed by atoms with E-state index >= 15 is 0 Å². The molecule has 0 fully saturated rings. The highest BCUT2D eigenvalue weighted by molar-refractivity contribution is 7.99. The predicted octanol–water partition coefficient (Wildman–Crippen LogP) is 2.58. The lowest BCUT2D eigenvalue weighted by Gasteiger charge is -2.12. The van der Waals surface area contributed by atoms with Gasteiger partial charge in [0.25, 0.3) is 5.56 Å². The fraction of sp³-hybridized carbons (Fsp3) is 0.375. The van der Waals surface area contributed by atoms with E-state index in [9.17, 15) is 9.59 Å². The molecule has 0 aliphatic heterocycles. The Morgan fingerprint density at radius 2 is 2.29 bits per heavy atom. The van der Waals surface area contributed by atoms with E-state index < -0.39 is 0 Å². The van der Waals surface area contributed by atoms with Crippen molar-refractivity contribution in [3.05, 3.63) is 33.6 Å². The van der Waals surface area contributed by atoms with Crippen molar-refractivity contribution in [2.45, 2.75) is 31.5 Å². The molecule has 0 saturated heterocycles. The molecule has 1 amide bonds. The van der Waals surface area contributed by atoms with Crippen LogP contribution in [0.15, 0.2) is 28.2 Å². The molecule has 2 rings (SSSR count). The number of hydrogen-bond acceptors (Lipinski definition) is 5. The van der Waals surface area contributed by atoms with E-state index in [0.29, 0.717) is 34.2 Å². The monoisotopic (exact) mass is 364 g/mol. The fourth-order valence-corrected chi connectivity index (χ4v) is 3.17. The molecule has 8 heteroatoms. The standard InChI is InChI=1S/C16H17ClN4O2S/c1-2-8-21-15(23)12-5-4-11(17)9-13(12)20-16(21)24-10-14(22)19-7-3-6-18/h4-5,9H,2-3,7-8,10H2,1H3,(H,19,22). The number of nitriles is 1. The minimum atomic E-state index is -0.196. The first-order valence-electron chi connectivity index (χ1n) is 7.53. The molecule has 1 aromatic carbocycles. The van der Waals surface area contributed by atoms with Gasteiger partial charge in [-0.25, -0.2) is 4.98 Å². The second-order valence-corrected chi connectivity index (χ2v) is 6.44. The summed E-state index contributed by atoms with van der Waals surface area (Å²) >= 11 is 7.18. The van der Waals surface area contributed by atoms with Crippen LogP contribution in [0.1, 0.15) is 19.8 Å². The largest absolute Gasteiger partial charge is 0.354 e. The summed E-state index contributed by atoms with van der Waals surface area (Å²) < 4.78 is 1.59. The van der Waals surface area contributed by atoms with E-state index in [-0.39, 0.29) is 23.6 Å². The number of hydrogen-bond donors (Lipinski definition) is 1. The average Bonchev–Trinajstić information content (AvgIpc) is 2.56. The highest BCUT2D eigenvalue weighted by Crippen LogP contribution is 2.20. The van der Waals surface area contributed by atoms with Gasteiger partial charge in [0.05, 0.1) is 29.1 Å². The molecule has 0 bridgehead atoms. The van der Waals surface area contributed by atoms with Gasteiger partial charge in [0.2, 0.25) is 5.91 Å². The number of aromatic nitrogens is 2. The van der Waals surface area contributed by atoms with Crippen molar-refractivity contribution >= 4 is 40.2 Å². The molecule has 6 nitrogen and oxygen atoms in total. The van der Waals surface area contributed by atoms with Crippen molar-refractivity contribution in [3.8, 4) is 6.07 Å². The molecule has 0 atom stereocenters. The number of nitrogens with one attached hydrogen (secondary N) is 1. The van der Waals surface area contributed by atoms with Crippen molar-refractivity contribution in [1.82, 2.24) is 14.9 Å². The van der Waals surface area contributed by atoms with Gasteiger partial charge in [0.1, 0.15) is 0 Å². The lowest BCUT2D eigenvalue weighted by Crippen LogP contribution is -2.27. The number of carbonyl (C=O) groups excluding carboxylic acids is 1. The first kappa shape index (κ1) is 18.3. The number of benzene rings is 1. The first-order valence-corrected chi connectivity index (χ1v) is 8.89. The van der Waals surface area contributed by atoms with Gasteiger partial charge in [-0.05, 0) is 24.6 Å². The third kappa shape index (κ3) is 4.49. The van der Waals surface area contributed by atoms with Crippen LogP contribution in [0.25, 0.3) is 10.9 Å². The van der Waals surface area contributed by atoms with Crippen LogP contribution in [0, 0.1) is 11.3 Å². The van der Waals surface area contributed by atoms with Crippen LogP contribution in [-0.4, -0.2) is 27.8 Å². The van der Waals surface area contributed by atoms with Crippen molar-refractivity contribution in [2.24, 2.45) is 0 Å². The fourth-order valence-electron chi connectivity index (χ4n) is 2.14. The molecule has 0 radical (unpaired) electrons. The smallest absolute Gasteiger partial charge is 0.262 e. The predicted molar refractivity (Wildman–Crippen MR) is 95.3 cm³/mol. The van der Waals surface area contributed by atoms with Crippen molar-refractivity contribution in [3.63, 3.8) is 0 Å². The summed E-state index contributed by atoms with van der Waals surface area (Å²) in [6, 6.07) is 6.94. The number of rotatable bonds is 7. The molecule has 1 aromatic heterocycles. The van der Waals surface area contributed by atoms with Crippen molar-refractivity contribution in [2.75, 3.05) is 12.3 Å². The van der Waals surface area contributed by atoms with E-state index in [2.05, 4.69) is 10.3 Å². The van der Waals surface area contributed by atoms with Gasteiger partial charge in [-0.2, -0.15) is 5.26 Å². The van der Waals surface area contributed by atoms with Gasteiger partial charge in [-0.3, -0.25) is 14.2 Å². The van der Waals surface area contributed by atoms with E-state index in [1.165, 1.54) is 11.8 Å². The highest BCUT2D eigenvalue weighted by atomic mass is 35.5. The van der Waals surface area contributed by atoms with E-state index in [4.69, 9.17) is 16.9 Å². The van der Waals surface area contributed by atoms with Crippen LogP contribution < -0.4 is 10.9 Å². The average molecular weight is 365 g/mol. The first-order chi connectivity index (χ1) is 11.6. The zero-order valence-electron chi connectivity index (χ0n) is 13.2. The second-order valence-electron chi connectivity index (χ2n) is 5.06. The van der Waals surface area contributed by atoms with Crippen LogP contribution in [0.2, 0.25) is 5.02 Å². The number of halogens is 1. The number of nitrogens with zero attached hydrogens (tertiary/aromatic N) is 3.